The molecule has 0 aromatic heterocycles. The third-order valence-corrected chi connectivity index (χ3v) is 33.4. The minimum atomic E-state index is -2.71. The van der Waals surface area contributed by atoms with Crippen LogP contribution < -0.4 is 23.1 Å². The van der Waals surface area contributed by atoms with Crippen LogP contribution in [0.3, 0.4) is 0 Å². The average molecular weight is 615 g/mol. The molecular weight excluding hydrogens is 582 g/mol. The molecule has 0 saturated carbocycles. The van der Waals surface area contributed by atoms with Crippen molar-refractivity contribution in [3.63, 3.8) is 0 Å². The minimum absolute atomic E-state index is 0.497. The summed E-state index contributed by atoms with van der Waals surface area (Å²) in [5.74, 6) is 0.994. The maximum atomic E-state index is 2.56. The summed E-state index contributed by atoms with van der Waals surface area (Å²) in [4.78, 5) is 0. The van der Waals surface area contributed by atoms with Gasteiger partial charge in [0.2, 0.25) is 0 Å². The number of rotatable bonds is 5. The molecule has 2 aliphatic rings. The standard InChI is InChI=1S/C24H16P.C12H17.Sn/c1-3-9-20(10-4-1)25(21-11-5-2-6-12-21)23-17-16-19-15-14-18-8-7-13-22(23)24(18)19;1-9(2)11-6-5-7-12(8-11)10(3)4;/h1-12,14-17H;5-7,9-10H,1-4H3;. The van der Waals surface area contributed by atoms with Gasteiger partial charge in [-0.05, 0) is 0 Å². The van der Waals surface area contributed by atoms with Crippen molar-refractivity contribution in [1.29, 1.82) is 0 Å². The Bertz CT molecular complexity index is 1730. The van der Waals surface area contributed by atoms with Gasteiger partial charge in [-0.2, -0.15) is 0 Å². The van der Waals surface area contributed by atoms with Crippen molar-refractivity contribution in [3.05, 3.63) is 125 Å². The van der Waals surface area contributed by atoms with Gasteiger partial charge in [0.1, 0.15) is 0 Å². The Labute approximate surface area is 232 Å². The van der Waals surface area contributed by atoms with Gasteiger partial charge in [-0.1, -0.05) is 0 Å². The molecule has 186 valence electrons. The molecule has 1 aliphatic heterocycles. The van der Waals surface area contributed by atoms with Gasteiger partial charge in [0.15, 0.2) is 0 Å². The van der Waals surface area contributed by atoms with Gasteiger partial charge in [0, 0.05) is 0 Å². The van der Waals surface area contributed by atoms with Crippen LogP contribution in [-0.2, 0) is 0 Å². The zero-order valence-corrected chi connectivity index (χ0v) is 26.3. The first kappa shape index (κ1) is 24.4. The monoisotopic (exact) mass is 616 g/mol. The van der Waals surface area contributed by atoms with Gasteiger partial charge in [-0.25, -0.2) is 0 Å². The van der Waals surface area contributed by atoms with Crippen LogP contribution in [0.15, 0.2) is 103 Å². The molecule has 1 aliphatic carbocycles. The molecule has 5 aromatic carbocycles. The Morgan fingerprint density at radius 1 is 0.526 bits per heavy atom. The van der Waals surface area contributed by atoms with E-state index < -0.39 is 23.1 Å². The number of hydrogen-bond acceptors (Lipinski definition) is 0. The molecule has 7 rings (SSSR count). The van der Waals surface area contributed by atoms with E-state index in [0.29, 0.717) is 11.8 Å². The molecule has 0 spiro atoms. The van der Waals surface area contributed by atoms with Gasteiger partial charge in [-0.3, -0.25) is 0 Å². The van der Waals surface area contributed by atoms with E-state index in [1.54, 1.807) is 39.6 Å². The summed E-state index contributed by atoms with van der Waals surface area (Å²) in [6, 6.07) is 40.5. The zero-order valence-electron chi connectivity index (χ0n) is 22.6. The SMILES string of the molecule is CC(C)c1cccc(C(C)C)[c]1[Sn]1=[P](c2ccccc2)(c2ccccc2)c2ccc3c4c(cc[c]1c24)C=C3. The molecule has 0 N–H and O–H groups in total. The second kappa shape index (κ2) is 9.21. The van der Waals surface area contributed by atoms with E-state index in [1.807, 2.05) is 0 Å². The predicted octanol–water partition coefficient (Wildman–Crippen LogP) is 6.98. The van der Waals surface area contributed by atoms with Crippen LogP contribution in [0.25, 0.3) is 22.9 Å². The van der Waals surface area contributed by atoms with E-state index in [0.717, 1.165) is 0 Å². The molecule has 0 fully saturated rings. The van der Waals surface area contributed by atoms with Crippen LogP contribution in [0.1, 0.15) is 61.8 Å². The van der Waals surface area contributed by atoms with Crippen molar-refractivity contribution >= 4 is 69.1 Å². The van der Waals surface area contributed by atoms with E-state index in [2.05, 4.69) is 143 Å². The topological polar surface area (TPSA) is 0 Å². The summed E-state index contributed by atoms with van der Waals surface area (Å²) in [6.45, 7) is 9.59. The summed E-state index contributed by atoms with van der Waals surface area (Å²) in [5, 5.41) is 7.85. The number of hydrogen-bond donors (Lipinski definition) is 0. The summed E-state index contributed by atoms with van der Waals surface area (Å²) < 4.78 is 1.56. The van der Waals surface area contributed by atoms with Gasteiger partial charge in [0.05, 0.1) is 0 Å². The van der Waals surface area contributed by atoms with Crippen molar-refractivity contribution in [2.45, 2.75) is 39.5 Å². The van der Waals surface area contributed by atoms with Gasteiger partial charge in [-0.15, -0.1) is 0 Å². The Balaban J connectivity index is 1.80. The first-order chi connectivity index (χ1) is 18.5. The van der Waals surface area contributed by atoms with E-state index in [1.165, 1.54) is 16.5 Å². The predicted molar refractivity (Wildman–Crippen MR) is 171 cm³/mol. The first-order valence-electron chi connectivity index (χ1n) is 13.8. The molecule has 0 nitrogen and oxygen atoms in total. The molecule has 0 bridgehead atoms. The van der Waals surface area contributed by atoms with Crippen LogP contribution in [0, 0.1) is 0 Å². The third kappa shape index (κ3) is 3.33. The van der Waals surface area contributed by atoms with E-state index in [9.17, 15) is 0 Å². The van der Waals surface area contributed by atoms with Gasteiger partial charge in [0.25, 0.3) is 0 Å². The first-order valence-corrected chi connectivity index (χ1v) is 22.3. The molecular formula is C36H33PSn. The molecule has 5 aromatic rings. The van der Waals surface area contributed by atoms with Crippen LogP contribution in [-0.4, -0.2) is 18.7 Å². The van der Waals surface area contributed by atoms with Crippen LogP contribution >= 0.6 is 4.45 Å². The maximum absolute atomic E-state index is 2.71. The Hall–Kier alpha value is -2.67. The molecule has 0 atom stereocenters. The molecule has 1 heterocycles. The normalized spacial score (nSPS) is 14.8. The van der Waals surface area contributed by atoms with Crippen molar-refractivity contribution in [3.8, 4) is 0 Å². The van der Waals surface area contributed by atoms with E-state index >= 15 is 0 Å². The quantitative estimate of drug-likeness (QED) is 0.145. The van der Waals surface area contributed by atoms with Gasteiger partial charge >= 0.3 is 234 Å². The van der Waals surface area contributed by atoms with Crippen molar-refractivity contribution in [1.82, 2.24) is 0 Å². The summed E-state index contributed by atoms with van der Waals surface area (Å²) >= 11 is -2.71. The fourth-order valence-electron chi connectivity index (χ4n) is 6.88. The third-order valence-electron chi connectivity index (χ3n) is 8.49. The fraction of sp³-hybridized carbons (Fsp3) is 0.167. The Morgan fingerprint density at radius 2 is 1.05 bits per heavy atom. The van der Waals surface area contributed by atoms with E-state index in [-0.39, 0.29) is 0 Å². The van der Waals surface area contributed by atoms with Crippen LogP contribution in [0.2, 0.25) is 0 Å². The molecule has 0 saturated heterocycles. The molecule has 0 radical (unpaired) electrons. The van der Waals surface area contributed by atoms with Crippen molar-refractivity contribution in [2.24, 2.45) is 0 Å². The van der Waals surface area contributed by atoms with E-state index in [4.69, 9.17) is 0 Å². The molecule has 38 heavy (non-hydrogen) atoms. The summed E-state index contributed by atoms with van der Waals surface area (Å²) in [5.41, 5.74) is 5.96. The zero-order chi connectivity index (χ0) is 26.0. The number of benzene rings is 5. The van der Waals surface area contributed by atoms with Crippen molar-refractivity contribution in [2.75, 3.05) is 0 Å². The summed E-state index contributed by atoms with van der Waals surface area (Å²) in [6.07, 6.45) is 4.65. The van der Waals surface area contributed by atoms with Crippen molar-refractivity contribution < 1.29 is 0 Å². The fourth-order valence-corrected chi connectivity index (χ4v) is 37.7. The molecule has 0 unspecified atom stereocenters. The Morgan fingerprint density at radius 3 is 1.58 bits per heavy atom. The average Bonchev–Trinajstić information content (AvgIpc) is 3.50. The molecule has 0 amide bonds. The van der Waals surface area contributed by atoms with Crippen LogP contribution in [0.4, 0.5) is 0 Å². The molecule has 2 heteroatoms. The second-order valence-corrected chi connectivity index (χ2v) is 27.8. The summed E-state index contributed by atoms with van der Waals surface area (Å²) in [7, 11) is 0. The van der Waals surface area contributed by atoms with Crippen LogP contribution in [0.5, 0.6) is 0 Å². The van der Waals surface area contributed by atoms with Gasteiger partial charge < -0.3 is 0 Å². The Kier molecular flexibility index (Phi) is 5.91. The second-order valence-electron chi connectivity index (χ2n) is 11.3.